The normalized spacial score (nSPS) is 10.4. The van der Waals surface area contributed by atoms with E-state index in [1.54, 1.807) is 6.07 Å². The van der Waals surface area contributed by atoms with Crippen LogP contribution >= 0.6 is 11.8 Å². The highest BCUT2D eigenvalue weighted by Gasteiger charge is 2.27. The maximum atomic E-state index is 12.9. The Morgan fingerprint density at radius 3 is 2.37 bits per heavy atom. The van der Waals surface area contributed by atoms with Gasteiger partial charge in [0, 0.05) is 10.8 Å². The van der Waals surface area contributed by atoms with Crippen LogP contribution in [-0.4, -0.2) is 22.5 Å². The Morgan fingerprint density at radius 1 is 1.21 bits per heavy atom. The van der Waals surface area contributed by atoms with Crippen LogP contribution in [0, 0.1) is 5.82 Å². The number of aromatic carboxylic acids is 1. The van der Waals surface area contributed by atoms with Gasteiger partial charge in [-0.3, -0.25) is 5.21 Å². The van der Waals surface area contributed by atoms with E-state index in [2.05, 4.69) is 0 Å². The van der Waals surface area contributed by atoms with Crippen molar-refractivity contribution in [3.63, 3.8) is 0 Å². The van der Waals surface area contributed by atoms with Crippen molar-refractivity contribution in [2.75, 3.05) is 6.26 Å². The van der Waals surface area contributed by atoms with Crippen molar-refractivity contribution in [1.29, 1.82) is 0 Å². The van der Waals surface area contributed by atoms with Crippen LogP contribution in [0.4, 0.5) is 4.39 Å². The largest absolute Gasteiger partial charge is 0.473 e. The molecule has 98 valence electrons. The number of nitrogens with zero attached hydrogens (tertiary/aromatic N) is 1. The summed E-state index contributed by atoms with van der Waals surface area (Å²) in [5, 5.41) is 19.0. The third-order valence-electron chi connectivity index (χ3n) is 2.62. The molecule has 4 nitrogen and oxygen atoms in total. The third-order valence-corrected chi connectivity index (χ3v) is 3.39. The molecule has 0 aliphatic heterocycles. The molecule has 0 radical (unpaired) electrons. The zero-order chi connectivity index (χ0) is 14.0. The second kappa shape index (κ2) is 5.27. The zero-order valence-corrected chi connectivity index (χ0v) is 10.8. The molecule has 2 aromatic rings. The van der Waals surface area contributed by atoms with Crippen LogP contribution < -0.4 is 4.73 Å². The average Bonchev–Trinajstić information content (AvgIpc) is 2.39. The van der Waals surface area contributed by atoms with E-state index in [4.69, 9.17) is 5.11 Å². The minimum atomic E-state index is -1.24. The van der Waals surface area contributed by atoms with E-state index in [9.17, 15) is 14.4 Å². The topological polar surface area (TPSA) is 61.4 Å². The monoisotopic (exact) mass is 280 g/mol. The molecule has 0 spiro atoms. The van der Waals surface area contributed by atoms with Crippen molar-refractivity contribution in [2.24, 2.45) is 0 Å². The Labute approximate surface area is 113 Å². The van der Waals surface area contributed by atoms with Crippen LogP contribution in [0.2, 0.25) is 0 Å². The summed E-state index contributed by atoms with van der Waals surface area (Å²) in [5.74, 6) is -1.63. The molecule has 0 unspecified atom stereocenters. The number of carboxylic acid groups (broad SMARTS) is 1. The summed E-state index contributed by atoms with van der Waals surface area (Å²) < 4.78 is 13.5. The van der Waals surface area contributed by atoms with Crippen LogP contribution in [-0.2, 0) is 0 Å². The highest BCUT2D eigenvalue weighted by atomic mass is 32.2. The van der Waals surface area contributed by atoms with Crippen LogP contribution in [0.15, 0.2) is 41.3 Å². The second-order valence-corrected chi connectivity index (χ2v) is 4.61. The third kappa shape index (κ3) is 2.53. The summed E-state index contributed by atoms with van der Waals surface area (Å²) in [6, 6.07) is 8.42. The maximum Gasteiger partial charge on any atom is 0.406 e. The van der Waals surface area contributed by atoms with Crippen LogP contribution in [0.5, 0.6) is 0 Å². The number of hydrogen-bond donors (Lipinski definition) is 2. The summed E-state index contributed by atoms with van der Waals surface area (Å²) in [6.07, 6.45) is 1.81. The lowest BCUT2D eigenvalue weighted by Gasteiger charge is -2.04. The fourth-order valence-electron chi connectivity index (χ4n) is 1.73. The van der Waals surface area contributed by atoms with Gasteiger partial charge in [0.1, 0.15) is 5.82 Å². The quantitative estimate of drug-likeness (QED) is 0.515. The van der Waals surface area contributed by atoms with Gasteiger partial charge in [0.25, 0.3) is 5.69 Å². The van der Waals surface area contributed by atoms with Crippen molar-refractivity contribution in [2.45, 2.75) is 4.90 Å². The summed E-state index contributed by atoms with van der Waals surface area (Å²) >= 11 is 1.36. The summed E-state index contributed by atoms with van der Waals surface area (Å²) in [4.78, 5) is 11.7. The number of hydrogen-bond acceptors (Lipinski definition) is 3. The molecule has 0 fully saturated rings. The van der Waals surface area contributed by atoms with E-state index >= 15 is 0 Å². The first kappa shape index (κ1) is 13.4. The second-order valence-electron chi connectivity index (χ2n) is 3.76. The van der Waals surface area contributed by atoms with Crippen molar-refractivity contribution in [1.82, 2.24) is 0 Å². The maximum absolute atomic E-state index is 12.9. The fourth-order valence-corrected chi connectivity index (χ4v) is 2.33. The van der Waals surface area contributed by atoms with Gasteiger partial charge in [0.2, 0.25) is 0 Å². The molecule has 1 aromatic heterocycles. The Kier molecular flexibility index (Phi) is 3.71. The van der Waals surface area contributed by atoms with Crippen LogP contribution in [0.3, 0.4) is 0 Å². The Balaban J connectivity index is 2.69. The van der Waals surface area contributed by atoms with Gasteiger partial charge in [-0.15, -0.1) is 11.8 Å². The molecule has 1 aromatic carbocycles. The molecule has 0 aliphatic rings. The van der Waals surface area contributed by atoms with Gasteiger partial charge in [-0.1, -0.05) is 0 Å². The molecule has 6 heteroatoms. The van der Waals surface area contributed by atoms with Crippen molar-refractivity contribution in [3.05, 3.63) is 47.9 Å². The smallest absolute Gasteiger partial charge is 0.406 e. The summed E-state index contributed by atoms with van der Waals surface area (Å²) in [5.41, 5.74) is 0.612. The molecule has 0 saturated carbocycles. The molecular weight excluding hydrogens is 269 g/mol. The molecule has 0 amide bonds. The van der Waals surface area contributed by atoms with E-state index in [1.807, 2.05) is 6.26 Å². The Bertz CT molecular complexity index is 629. The molecule has 19 heavy (non-hydrogen) atoms. The standard InChI is InChI=1S/C13H10FNO3S/c1-19-11-7-6-10(13(16)17)15(18)12(11)8-2-4-9(14)5-3-8/h2-7H,1H3,(H-,16,17,18)/p+1. The summed E-state index contributed by atoms with van der Waals surface area (Å²) in [6.45, 7) is 0. The Morgan fingerprint density at radius 2 is 1.84 bits per heavy atom. The van der Waals surface area contributed by atoms with Gasteiger partial charge in [-0.2, -0.15) is 0 Å². The Hall–Kier alpha value is -2.08. The van der Waals surface area contributed by atoms with Gasteiger partial charge in [0.15, 0.2) is 0 Å². The molecule has 2 rings (SSSR count). The first-order valence-electron chi connectivity index (χ1n) is 5.36. The molecule has 0 aliphatic carbocycles. The van der Waals surface area contributed by atoms with Gasteiger partial charge < -0.3 is 5.11 Å². The van der Waals surface area contributed by atoms with Crippen molar-refractivity contribution in [3.8, 4) is 11.3 Å². The van der Waals surface area contributed by atoms with Crippen molar-refractivity contribution >= 4 is 17.7 Å². The lowest BCUT2D eigenvalue weighted by atomic mass is 10.1. The van der Waals surface area contributed by atoms with E-state index in [0.717, 1.165) is 0 Å². The van der Waals surface area contributed by atoms with Crippen LogP contribution in [0.25, 0.3) is 11.3 Å². The highest BCUT2D eigenvalue weighted by Crippen LogP contribution is 2.27. The average molecular weight is 280 g/mol. The van der Waals surface area contributed by atoms with E-state index < -0.39 is 11.8 Å². The molecule has 0 atom stereocenters. The minimum absolute atomic E-state index is 0.253. The van der Waals surface area contributed by atoms with Crippen molar-refractivity contribution < 1.29 is 24.2 Å². The van der Waals surface area contributed by atoms with Crippen LogP contribution in [0.1, 0.15) is 10.5 Å². The van der Waals surface area contributed by atoms with Gasteiger partial charge in [0.05, 0.1) is 10.5 Å². The molecule has 0 bridgehead atoms. The predicted molar refractivity (Wildman–Crippen MR) is 68.0 cm³/mol. The lowest BCUT2D eigenvalue weighted by molar-refractivity contribution is -0.898. The summed E-state index contributed by atoms with van der Waals surface area (Å²) in [7, 11) is 0. The number of benzene rings is 1. The number of halogens is 1. The van der Waals surface area contributed by atoms with E-state index in [-0.39, 0.29) is 5.69 Å². The number of thioether (sulfide) groups is 1. The molecule has 2 N–H and O–H groups in total. The number of rotatable bonds is 3. The van der Waals surface area contributed by atoms with Gasteiger partial charge in [-0.05, 0) is 36.6 Å². The molecular formula is C13H11FNO3S+. The predicted octanol–water partition coefficient (Wildman–Crippen LogP) is 2.44. The lowest BCUT2D eigenvalue weighted by Crippen LogP contribution is -2.40. The van der Waals surface area contributed by atoms with E-state index in [1.165, 1.54) is 42.1 Å². The number of pyridine rings is 1. The SMILES string of the molecule is CSc1ccc(C(=O)O)[n+](O)c1-c1ccc(F)cc1. The first-order valence-corrected chi connectivity index (χ1v) is 6.58. The first-order chi connectivity index (χ1) is 9.04. The molecule has 1 heterocycles. The number of aromatic nitrogens is 1. The van der Waals surface area contributed by atoms with E-state index in [0.29, 0.717) is 20.9 Å². The molecule has 0 saturated heterocycles. The highest BCUT2D eigenvalue weighted by molar-refractivity contribution is 7.98. The fraction of sp³-hybridized carbons (Fsp3) is 0.0769. The number of carbonyl (C=O) groups is 1. The minimum Gasteiger partial charge on any atom is -0.473 e. The van der Waals surface area contributed by atoms with Gasteiger partial charge >= 0.3 is 11.7 Å². The number of carboxylic acids is 1. The van der Waals surface area contributed by atoms with Gasteiger partial charge in [-0.25, -0.2) is 9.18 Å². The zero-order valence-electron chi connectivity index (χ0n) is 10.0.